The third-order valence-electron chi connectivity index (χ3n) is 5.40. The topological polar surface area (TPSA) is 18.5 Å². The lowest BCUT2D eigenvalue weighted by Crippen LogP contribution is -2.45. The minimum Gasteiger partial charge on any atom is -0.370 e. The lowest BCUT2D eigenvalue weighted by molar-refractivity contribution is -0.101. The predicted octanol–water partition coefficient (Wildman–Crippen LogP) is 4.20. The zero-order valence-electron chi connectivity index (χ0n) is 13.4. The lowest BCUT2D eigenvalue weighted by atomic mass is 9.74. The fraction of sp³-hybridized carbons (Fsp3) is 0.667. The van der Waals surface area contributed by atoms with Gasteiger partial charge in [0.05, 0.1) is 18.3 Å². The maximum Gasteiger partial charge on any atom is 0.132 e. The van der Waals surface area contributed by atoms with Gasteiger partial charge in [-0.25, -0.2) is 4.39 Å². The van der Waals surface area contributed by atoms with E-state index < -0.39 is 17.4 Å². The van der Waals surface area contributed by atoms with Crippen molar-refractivity contribution in [1.29, 1.82) is 0 Å². The number of rotatable bonds is 4. The molecule has 2 aliphatic heterocycles. The van der Waals surface area contributed by atoms with Gasteiger partial charge < -0.3 is 9.47 Å². The summed E-state index contributed by atoms with van der Waals surface area (Å²) in [7, 11) is 0. The van der Waals surface area contributed by atoms with Crippen LogP contribution in [0, 0.1) is 12.8 Å². The quantitative estimate of drug-likeness (QED) is 0.828. The van der Waals surface area contributed by atoms with Gasteiger partial charge in [0.15, 0.2) is 0 Å². The molecule has 2 bridgehead atoms. The summed E-state index contributed by atoms with van der Waals surface area (Å²) in [4.78, 5) is 0. The van der Waals surface area contributed by atoms with Crippen LogP contribution in [0.2, 0.25) is 0 Å². The Balaban J connectivity index is 1.73. The molecule has 0 unspecified atom stereocenters. The smallest absolute Gasteiger partial charge is 0.132 e. The van der Waals surface area contributed by atoms with Crippen LogP contribution in [0.4, 0.5) is 4.39 Å². The van der Waals surface area contributed by atoms with Crippen molar-refractivity contribution in [3.63, 3.8) is 0 Å². The summed E-state index contributed by atoms with van der Waals surface area (Å²) in [6.07, 6.45) is 0.213. The van der Waals surface area contributed by atoms with Crippen molar-refractivity contribution in [2.45, 2.75) is 70.6 Å². The molecule has 1 aromatic rings. The molecule has 2 aliphatic rings. The fourth-order valence-electron chi connectivity index (χ4n) is 3.85. The maximum absolute atomic E-state index is 14.4. The summed E-state index contributed by atoms with van der Waals surface area (Å²) in [5.41, 5.74) is 1.30. The summed E-state index contributed by atoms with van der Waals surface area (Å²) in [5.74, 6) is 0.168. The largest absolute Gasteiger partial charge is 0.370 e. The molecule has 2 saturated heterocycles. The van der Waals surface area contributed by atoms with Gasteiger partial charge in [-0.15, -0.1) is 0 Å². The van der Waals surface area contributed by atoms with Crippen molar-refractivity contribution in [3.8, 4) is 0 Å². The van der Waals surface area contributed by atoms with E-state index in [9.17, 15) is 4.39 Å². The Labute approximate surface area is 126 Å². The third-order valence-corrected chi connectivity index (χ3v) is 5.40. The molecule has 0 aromatic heterocycles. The second-order valence-corrected chi connectivity index (χ2v) is 7.13. The van der Waals surface area contributed by atoms with Crippen LogP contribution in [0.1, 0.15) is 44.7 Å². The van der Waals surface area contributed by atoms with E-state index in [-0.39, 0.29) is 12.0 Å². The van der Waals surface area contributed by atoms with Gasteiger partial charge in [0.25, 0.3) is 0 Å². The highest BCUT2D eigenvalue weighted by molar-refractivity contribution is 5.25. The highest BCUT2D eigenvalue weighted by Crippen LogP contribution is 2.56. The van der Waals surface area contributed by atoms with Gasteiger partial charge >= 0.3 is 0 Å². The first-order valence-electron chi connectivity index (χ1n) is 7.88. The average molecular weight is 292 g/mol. The van der Waals surface area contributed by atoms with E-state index >= 15 is 0 Å². The van der Waals surface area contributed by atoms with E-state index in [4.69, 9.17) is 9.47 Å². The van der Waals surface area contributed by atoms with Gasteiger partial charge in [-0.1, -0.05) is 38.1 Å². The predicted molar refractivity (Wildman–Crippen MR) is 80.9 cm³/mol. The van der Waals surface area contributed by atoms with Gasteiger partial charge in [0.2, 0.25) is 0 Å². The number of hydrogen-bond acceptors (Lipinski definition) is 2. The molecule has 0 amide bonds. The minimum atomic E-state index is -0.874. The highest BCUT2D eigenvalue weighted by atomic mass is 19.1. The van der Waals surface area contributed by atoms with Crippen LogP contribution < -0.4 is 0 Å². The van der Waals surface area contributed by atoms with E-state index in [1.165, 1.54) is 11.1 Å². The lowest BCUT2D eigenvalue weighted by Gasteiger charge is -2.34. The summed E-state index contributed by atoms with van der Waals surface area (Å²) in [5, 5.41) is 0. The molecule has 3 rings (SSSR count). The zero-order chi connectivity index (χ0) is 15.3. The van der Waals surface area contributed by atoms with E-state index in [1.54, 1.807) is 0 Å². The molecule has 0 N–H and O–H groups in total. The molecule has 21 heavy (non-hydrogen) atoms. The number of ether oxygens (including phenoxy) is 2. The second-order valence-electron chi connectivity index (χ2n) is 7.13. The molecule has 4 atom stereocenters. The van der Waals surface area contributed by atoms with Crippen LogP contribution in [0.5, 0.6) is 0 Å². The van der Waals surface area contributed by atoms with Crippen molar-refractivity contribution >= 4 is 0 Å². The van der Waals surface area contributed by atoms with Crippen molar-refractivity contribution in [3.05, 3.63) is 35.4 Å². The van der Waals surface area contributed by atoms with Gasteiger partial charge in [0, 0.05) is 12.8 Å². The zero-order valence-corrected chi connectivity index (χ0v) is 13.4. The number of aryl methyl sites for hydroxylation is 1. The van der Waals surface area contributed by atoms with Gasteiger partial charge in [-0.2, -0.15) is 0 Å². The Kier molecular flexibility index (Phi) is 3.61. The molecule has 0 saturated carbocycles. The normalized spacial score (nSPS) is 38.4. The number of hydrogen-bond donors (Lipinski definition) is 0. The van der Waals surface area contributed by atoms with Crippen molar-refractivity contribution in [2.75, 3.05) is 0 Å². The average Bonchev–Trinajstić information content (AvgIpc) is 2.86. The van der Waals surface area contributed by atoms with Crippen LogP contribution in [0.15, 0.2) is 24.3 Å². The Morgan fingerprint density at radius 1 is 1.33 bits per heavy atom. The standard InChI is InChI=1S/C18H25FO2/c1-12(2)18-10-16(17(4,21-18)9-15(18)19)20-11-14-8-6-5-7-13(14)3/h5-8,12,15-16H,9-11H2,1-4H3/t15-,16+,17-,18+/m0/s1. The first kappa shape index (κ1) is 15.0. The van der Waals surface area contributed by atoms with Crippen molar-refractivity contribution in [1.82, 2.24) is 0 Å². The maximum atomic E-state index is 14.4. The van der Waals surface area contributed by atoms with Crippen LogP contribution >= 0.6 is 0 Å². The fourth-order valence-corrected chi connectivity index (χ4v) is 3.85. The summed E-state index contributed by atoms with van der Waals surface area (Å²) >= 11 is 0. The van der Waals surface area contributed by atoms with E-state index in [1.807, 2.05) is 32.9 Å². The first-order valence-corrected chi connectivity index (χ1v) is 7.88. The van der Waals surface area contributed by atoms with E-state index in [2.05, 4.69) is 19.1 Å². The van der Waals surface area contributed by atoms with Crippen molar-refractivity contribution < 1.29 is 13.9 Å². The Hall–Kier alpha value is -0.930. The molecule has 2 heterocycles. The third kappa shape index (κ3) is 2.31. The minimum absolute atomic E-state index is 0.0218. The number of alkyl halides is 1. The van der Waals surface area contributed by atoms with Crippen molar-refractivity contribution in [2.24, 2.45) is 5.92 Å². The molecule has 2 fully saturated rings. The van der Waals surface area contributed by atoms with Gasteiger partial charge in [-0.3, -0.25) is 0 Å². The van der Waals surface area contributed by atoms with Crippen LogP contribution in [-0.4, -0.2) is 23.5 Å². The number of fused-ring (bicyclic) bond motifs is 2. The molecule has 3 heteroatoms. The van der Waals surface area contributed by atoms with Crippen LogP contribution in [0.3, 0.4) is 0 Å². The Morgan fingerprint density at radius 3 is 2.67 bits per heavy atom. The molecule has 0 spiro atoms. The van der Waals surface area contributed by atoms with Gasteiger partial charge in [0.1, 0.15) is 11.8 Å². The molecule has 2 nitrogen and oxygen atoms in total. The number of benzene rings is 1. The number of halogens is 1. The molecule has 0 aliphatic carbocycles. The monoisotopic (exact) mass is 292 g/mol. The summed E-state index contributed by atoms with van der Waals surface area (Å²) in [6.45, 7) is 8.75. The Morgan fingerprint density at radius 2 is 2.05 bits per heavy atom. The SMILES string of the molecule is Cc1ccccc1CO[C@@H]1C[C@]2(C(C)C)O[C@@]1(C)C[C@@H]2F. The van der Waals surface area contributed by atoms with Gasteiger partial charge in [-0.05, 0) is 30.9 Å². The second kappa shape index (κ2) is 5.06. The summed E-state index contributed by atoms with van der Waals surface area (Å²) in [6, 6.07) is 8.23. The highest BCUT2D eigenvalue weighted by Gasteiger charge is 2.66. The summed E-state index contributed by atoms with van der Waals surface area (Å²) < 4.78 is 26.7. The Bertz CT molecular complexity index is 530. The molecule has 116 valence electrons. The van der Waals surface area contributed by atoms with E-state index in [0.717, 1.165) is 0 Å². The molecule has 0 radical (unpaired) electrons. The van der Waals surface area contributed by atoms with Crippen LogP contribution in [0.25, 0.3) is 0 Å². The molecule has 1 aromatic carbocycles. The van der Waals surface area contributed by atoms with E-state index in [0.29, 0.717) is 19.4 Å². The van der Waals surface area contributed by atoms with Crippen LogP contribution in [-0.2, 0) is 16.1 Å². The first-order chi connectivity index (χ1) is 9.87. The molecular formula is C18H25FO2. The molecular weight excluding hydrogens is 267 g/mol.